The van der Waals surface area contributed by atoms with Crippen LogP contribution in [0.15, 0.2) is 65.6 Å². The molecule has 0 radical (unpaired) electrons. The van der Waals surface area contributed by atoms with Crippen LogP contribution in [0.4, 0.5) is 5.69 Å². The van der Waals surface area contributed by atoms with Crippen molar-refractivity contribution in [3.8, 4) is 5.82 Å². The molecule has 2 N–H and O–H groups in total. The quantitative estimate of drug-likeness (QED) is 0.523. The monoisotopic (exact) mass is 408 g/mol. The largest absolute Gasteiger partial charge is 0.465 e. The lowest BCUT2D eigenvalue weighted by Gasteiger charge is -2.06. The standard InChI is InChI=1S/C21H17ClN4O3/c1-29-20(27)14-4-2-3-13(9-14)12-25-17-7-5-15(22)10-18(17)26(21(25)28)19-8-6-16(23)11-24-19/h2-11H,12,23H2,1H3. The summed E-state index contributed by atoms with van der Waals surface area (Å²) in [4.78, 5) is 29.4. The van der Waals surface area contributed by atoms with E-state index in [-0.39, 0.29) is 12.2 Å². The summed E-state index contributed by atoms with van der Waals surface area (Å²) in [6, 6.07) is 15.6. The number of carbonyl (C=O) groups excluding carboxylic acids is 1. The smallest absolute Gasteiger partial charge is 0.337 e. The number of nitrogen functional groups attached to an aromatic ring is 1. The molecule has 0 saturated heterocycles. The molecule has 0 saturated carbocycles. The average Bonchev–Trinajstić information content (AvgIpc) is 2.99. The average molecular weight is 409 g/mol. The Balaban J connectivity index is 1.88. The SMILES string of the molecule is COC(=O)c1cccc(Cn2c(=O)n(-c3ccc(N)cn3)c3cc(Cl)ccc32)c1. The lowest BCUT2D eigenvalue weighted by molar-refractivity contribution is 0.0600. The number of fused-ring (bicyclic) bond motifs is 1. The molecular formula is C21H17ClN4O3. The van der Waals surface area contributed by atoms with E-state index >= 15 is 0 Å². The number of esters is 1. The number of anilines is 1. The lowest BCUT2D eigenvalue weighted by Crippen LogP contribution is -2.24. The van der Waals surface area contributed by atoms with Crippen molar-refractivity contribution < 1.29 is 9.53 Å². The molecule has 0 fully saturated rings. The van der Waals surface area contributed by atoms with Gasteiger partial charge in [-0.1, -0.05) is 23.7 Å². The highest BCUT2D eigenvalue weighted by atomic mass is 35.5. The number of imidazole rings is 1. The molecule has 2 aromatic heterocycles. The van der Waals surface area contributed by atoms with Gasteiger partial charge >= 0.3 is 11.7 Å². The fourth-order valence-corrected chi connectivity index (χ4v) is 3.40. The van der Waals surface area contributed by atoms with Gasteiger partial charge in [0.15, 0.2) is 0 Å². The summed E-state index contributed by atoms with van der Waals surface area (Å²) in [5.41, 5.74) is 8.48. The zero-order valence-corrected chi connectivity index (χ0v) is 16.3. The van der Waals surface area contributed by atoms with Crippen molar-refractivity contribution in [2.75, 3.05) is 12.8 Å². The third kappa shape index (κ3) is 3.48. The van der Waals surface area contributed by atoms with Gasteiger partial charge in [-0.25, -0.2) is 19.1 Å². The van der Waals surface area contributed by atoms with Crippen LogP contribution >= 0.6 is 11.6 Å². The van der Waals surface area contributed by atoms with Gasteiger partial charge in [0.1, 0.15) is 5.82 Å². The van der Waals surface area contributed by atoms with E-state index in [2.05, 4.69) is 4.98 Å². The van der Waals surface area contributed by atoms with E-state index in [0.717, 1.165) is 5.56 Å². The van der Waals surface area contributed by atoms with E-state index in [9.17, 15) is 9.59 Å². The molecule has 146 valence electrons. The normalized spacial score (nSPS) is 11.0. The predicted molar refractivity (Wildman–Crippen MR) is 112 cm³/mol. The highest BCUT2D eigenvalue weighted by Gasteiger charge is 2.17. The summed E-state index contributed by atoms with van der Waals surface area (Å²) in [5, 5.41) is 0.506. The molecule has 0 aliphatic carbocycles. The van der Waals surface area contributed by atoms with Crippen molar-refractivity contribution in [2.45, 2.75) is 6.54 Å². The first-order valence-corrected chi connectivity index (χ1v) is 9.15. The number of pyridine rings is 1. The number of ether oxygens (including phenoxy) is 1. The van der Waals surface area contributed by atoms with Gasteiger partial charge in [0, 0.05) is 5.02 Å². The molecule has 8 heteroatoms. The number of carbonyl (C=O) groups is 1. The van der Waals surface area contributed by atoms with Crippen molar-refractivity contribution in [1.82, 2.24) is 14.1 Å². The lowest BCUT2D eigenvalue weighted by atomic mass is 10.1. The van der Waals surface area contributed by atoms with Gasteiger partial charge in [0.05, 0.1) is 42.1 Å². The molecule has 0 bridgehead atoms. The number of hydrogen-bond acceptors (Lipinski definition) is 5. The minimum absolute atomic E-state index is 0.268. The molecule has 0 amide bonds. The van der Waals surface area contributed by atoms with Crippen molar-refractivity contribution in [1.29, 1.82) is 0 Å². The molecule has 7 nitrogen and oxygen atoms in total. The highest BCUT2D eigenvalue weighted by Crippen LogP contribution is 2.22. The fraction of sp³-hybridized carbons (Fsp3) is 0.0952. The van der Waals surface area contributed by atoms with Crippen LogP contribution in [0.3, 0.4) is 0 Å². The van der Waals surface area contributed by atoms with Crippen molar-refractivity contribution in [2.24, 2.45) is 0 Å². The molecule has 0 aliphatic heterocycles. The zero-order valence-electron chi connectivity index (χ0n) is 15.5. The summed E-state index contributed by atoms with van der Waals surface area (Å²) >= 11 is 6.18. The van der Waals surface area contributed by atoms with Gasteiger partial charge in [0.2, 0.25) is 0 Å². The van der Waals surface area contributed by atoms with E-state index < -0.39 is 5.97 Å². The maximum atomic E-state index is 13.3. The van der Waals surface area contributed by atoms with Gasteiger partial charge in [-0.15, -0.1) is 0 Å². The van der Waals surface area contributed by atoms with Crippen molar-refractivity contribution >= 4 is 34.3 Å². The van der Waals surface area contributed by atoms with Crippen LogP contribution < -0.4 is 11.4 Å². The minimum atomic E-state index is -0.431. The van der Waals surface area contributed by atoms with Gasteiger partial charge in [-0.2, -0.15) is 0 Å². The molecule has 4 rings (SSSR count). The maximum Gasteiger partial charge on any atom is 0.337 e. The van der Waals surface area contributed by atoms with Gasteiger partial charge in [-0.3, -0.25) is 4.57 Å². The number of nitrogens with two attached hydrogens (primary N) is 1. The van der Waals surface area contributed by atoms with Crippen LogP contribution in [0, 0.1) is 0 Å². The Morgan fingerprint density at radius 3 is 2.69 bits per heavy atom. The number of methoxy groups -OCH3 is 1. The first-order chi connectivity index (χ1) is 14.0. The Morgan fingerprint density at radius 2 is 1.97 bits per heavy atom. The predicted octanol–water partition coefficient (Wildman–Crippen LogP) is 3.26. The summed E-state index contributed by atoms with van der Waals surface area (Å²) in [6.07, 6.45) is 1.50. The van der Waals surface area contributed by atoms with Crippen LogP contribution in [0.5, 0.6) is 0 Å². The fourth-order valence-electron chi connectivity index (χ4n) is 3.23. The molecule has 0 aliphatic rings. The van der Waals surface area contributed by atoms with E-state index in [1.54, 1.807) is 53.1 Å². The molecule has 2 heterocycles. The van der Waals surface area contributed by atoms with Crippen molar-refractivity contribution in [3.05, 3.63) is 87.4 Å². The Morgan fingerprint density at radius 1 is 1.14 bits per heavy atom. The second-order valence-electron chi connectivity index (χ2n) is 6.48. The van der Waals surface area contributed by atoms with Gasteiger partial charge in [0.25, 0.3) is 0 Å². The number of nitrogens with zero attached hydrogens (tertiary/aromatic N) is 3. The van der Waals surface area contributed by atoms with Crippen LogP contribution in [0.2, 0.25) is 5.02 Å². The summed E-state index contributed by atoms with van der Waals surface area (Å²) < 4.78 is 7.88. The molecule has 2 aromatic carbocycles. The Labute approximate surface area is 170 Å². The topological polar surface area (TPSA) is 92.1 Å². The number of rotatable bonds is 4. The number of benzene rings is 2. The van der Waals surface area contributed by atoms with Crippen LogP contribution in [0.25, 0.3) is 16.9 Å². The second kappa shape index (κ2) is 7.44. The number of hydrogen-bond donors (Lipinski definition) is 1. The van der Waals surface area contributed by atoms with E-state index in [1.165, 1.54) is 17.9 Å². The highest BCUT2D eigenvalue weighted by molar-refractivity contribution is 6.31. The van der Waals surface area contributed by atoms with Crippen LogP contribution in [0.1, 0.15) is 15.9 Å². The van der Waals surface area contributed by atoms with E-state index in [4.69, 9.17) is 22.1 Å². The maximum absolute atomic E-state index is 13.3. The van der Waals surface area contributed by atoms with E-state index in [0.29, 0.717) is 33.1 Å². The summed E-state index contributed by atoms with van der Waals surface area (Å²) in [6.45, 7) is 0.268. The number of halogens is 1. The number of aromatic nitrogens is 3. The zero-order chi connectivity index (χ0) is 20.5. The second-order valence-corrected chi connectivity index (χ2v) is 6.92. The molecule has 0 unspecified atom stereocenters. The summed E-state index contributed by atoms with van der Waals surface area (Å²) in [5.74, 6) is 0.0120. The minimum Gasteiger partial charge on any atom is -0.465 e. The molecule has 0 atom stereocenters. The first-order valence-electron chi connectivity index (χ1n) is 8.78. The Kier molecular flexibility index (Phi) is 4.82. The molecular weight excluding hydrogens is 392 g/mol. The molecule has 0 spiro atoms. The van der Waals surface area contributed by atoms with Gasteiger partial charge in [-0.05, 0) is 48.0 Å². The van der Waals surface area contributed by atoms with Crippen LogP contribution in [-0.4, -0.2) is 27.2 Å². The third-order valence-electron chi connectivity index (χ3n) is 4.58. The van der Waals surface area contributed by atoms with Crippen molar-refractivity contribution in [3.63, 3.8) is 0 Å². The molecule has 4 aromatic rings. The Bertz CT molecular complexity index is 1280. The van der Waals surface area contributed by atoms with Crippen LogP contribution in [-0.2, 0) is 11.3 Å². The van der Waals surface area contributed by atoms with Gasteiger partial charge < -0.3 is 10.5 Å². The van der Waals surface area contributed by atoms with E-state index in [1.807, 2.05) is 6.07 Å². The first kappa shape index (κ1) is 18.8. The Hall–Kier alpha value is -3.58. The molecule has 29 heavy (non-hydrogen) atoms. The summed E-state index contributed by atoms with van der Waals surface area (Å²) in [7, 11) is 1.33. The third-order valence-corrected chi connectivity index (χ3v) is 4.82.